The molecule has 0 unspecified atom stereocenters. The molecule has 4 nitrogen and oxygen atoms in total. The van der Waals surface area contributed by atoms with Gasteiger partial charge in [-0.3, -0.25) is 9.59 Å². The number of nitriles is 1. The highest BCUT2D eigenvalue weighted by Crippen LogP contribution is 2.29. The van der Waals surface area contributed by atoms with Crippen LogP contribution in [0, 0.1) is 11.3 Å². The third-order valence-corrected chi connectivity index (χ3v) is 3.30. The molecule has 2 aromatic rings. The minimum atomic E-state index is -0.504. The summed E-state index contributed by atoms with van der Waals surface area (Å²) in [6.07, 6.45) is 0. The van der Waals surface area contributed by atoms with Crippen molar-refractivity contribution < 1.29 is 9.59 Å². The Hall–Kier alpha value is -2.93. The highest BCUT2D eigenvalue weighted by Gasteiger charge is 2.35. The van der Waals surface area contributed by atoms with E-state index < -0.39 is 11.7 Å². The van der Waals surface area contributed by atoms with Gasteiger partial charge in [0.15, 0.2) is 0 Å². The molecule has 1 aliphatic heterocycles. The lowest BCUT2D eigenvalue weighted by molar-refractivity contribution is -0.114. The Labute approximate surface area is 115 Å². The predicted molar refractivity (Wildman–Crippen MR) is 73.1 cm³/mol. The van der Waals surface area contributed by atoms with Gasteiger partial charge in [-0.1, -0.05) is 24.3 Å². The van der Waals surface area contributed by atoms with Gasteiger partial charge < -0.3 is 4.90 Å². The van der Waals surface area contributed by atoms with Crippen LogP contribution < -0.4 is 4.90 Å². The number of Topliss-reactive ketones (excluding diaryl/α,β-unsaturated/α-hetero) is 1. The lowest BCUT2D eigenvalue weighted by Gasteiger charge is -2.16. The summed E-state index contributed by atoms with van der Waals surface area (Å²) in [6, 6.07) is 16.0. The van der Waals surface area contributed by atoms with E-state index in [1.54, 1.807) is 48.5 Å². The molecular formula is C16H10N2O2. The average Bonchev–Trinajstić information content (AvgIpc) is 2.74. The number of amides is 1. The van der Waals surface area contributed by atoms with Gasteiger partial charge in [-0.25, -0.2) is 0 Å². The van der Waals surface area contributed by atoms with Crippen molar-refractivity contribution in [3.8, 4) is 6.07 Å². The fourth-order valence-corrected chi connectivity index (χ4v) is 2.27. The van der Waals surface area contributed by atoms with Crippen LogP contribution in [0.5, 0.6) is 0 Å². The zero-order valence-electron chi connectivity index (χ0n) is 10.5. The van der Waals surface area contributed by atoms with E-state index in [9.17, 15) is 9.59 Å². The van der Waals surface area contributed by atoms with E-state index in [1.807, 2.05) is 6.07 Å². The molecule has 1 amide bonds. The minimum Gasteiger partial charge on any atom is -0.300 e. The van der Waals surface area contributed by atoms with Crippen LogP contribution in [0.4, 0.5) is 5.69 Å². The average molecular weight is 262 g/mol. The van der Waals surface area contributed by atoms with Crippen molar-refractivity contribution in [1.29, 1.82) is 5.26 Å². The van der Waals surface area contributed by atoms with Crippen LogP contribution in [-0.4, -0.2) is 11.7 Å². The van der Waals surface area contributed by atoms with E-state index in [0.717, 1.165) is 5.56 Å². The molecule has 0 spiro atoms. The van der Waals surface area contributed by atoms with Gasteiger partial charge in [0, 0.05) is 0 Å². The Bertz CT molecular complexity index is 742. The summed E-state index contributed by atoms with van der Waals surface area (Å²) in [5, 5.41) is 8.76. The van der Waals surface area contributed by atoms with E-state index in [-0.39, 0.29) is 0 Å². The van der Waals surface area contributed by atoms with Gasteiger partial charge >= 0.3 is 0 Å². The van der Waals surface area contributed by atoms with Crippen molar-refractivity contribution in [3.63, 3.8) is 0 Å². The zero-order chi connectivity index (χ0) is 14.1. The molecule has 0 saturated heterocycles. The maximum atomic E-state index is 12.0. The number of ketones is 1. The summed E-state index contributed by atoms with van der Waals surface area (Å²) in [4.78, 5) is 25.3. The van der Waals surface area contributed by atoms with Crippen LogP contribution >= 0.6 is 0 Å². The lowest BCUT2D eigenvalue weighted by atomic mass is 10.1. The van der Waals surface area contributed by atoms with E-state index in [1.165, 1.54) is 4.90 Å². The van der Waals surface area contributed by atoms with E-state index in [4.69, 9.17) is 5.26 Å². The van der Waals surface area contributed by atoms with E-state index >= 15 is 0 Å². The topological polar surface area (TPSA) is 61.2 Å². The highest BCUT2D eigenvalue weighted by atomic mass is 16.2. The molecule has 0 N–H and O–H groups in total. The summed E-state index contributed by atoms with van der Waals surface area (Å²) in [7, 11) is 0. The first-order chi connectivity index (χ1) is 9.70. The summed E-state index contributed by atoms with van der Waals surface area (Å²) in [5.74, 6) is -0.968. The van der Waals surface area contributed by atoms with E-state index in [0.29, 0.717) is 23.4 Å². The second-order valence-electron chi connectivity index (χ2n) is 4.55. The van der Waals surface area contributed by atoms with Crippen molar-refractivity contribution >= 4 is 17.4 Å². The Morgan fingerprint density at radius 1 is 1.00 bits per heavy atom. The smallest absolute Gasteiger partial charge is 0.299 e. The summed E-state index contributed by atoms with van der Waals surface area (Å²) >= 11 is 0. The van der Waals surface area contributed by atoms with Gasteiger partial charge in [-0.2, -0.15) is 5.26 Å². The number of anilines is 1. The van der Waals surface area contributed by atoms with Gasteiger partial charge in [0.05, 0.1) is 29.4 Å². The minimum absolute atomic E-state index is 0.327. The number of rotatable bonds is 2. The molecule has 1 aliphatic rings. The second-order valence-corrected chi connectivity index (χ2v) is 4.55. The molecule has 0 atom stereocenters. The van der Waals surface area contributed by atoms with Crippen LogP contribution in [-0.2, 0) is 11.3 Å². The van der Waals surface area contributed by atoms with Gasteiger partial charge in [-0.15, -0.1) is 0 Å². The quantitative estimate of drug-likeness (QED) is 0.780. The van der Waals surface area contributed by atoms with Crippen LogP contribution in [0.15, 0.2) is 48.5 Å². The van der Waals surface area contributed by atoms with Gasteiger partial charge in [0.2, 0.25) is 0 Å². The molecule has 20 heavy (non-hydrogen) atoms. The second kappa shape index (κ2) is 4.63. The maximum absolute atomic E-state index is 12.0. The predicted octanol–water partition coefficient (Wildman–Crippen LogP) is 2.29. The molecule has 0 bridgehead atoms. The molecule has 0 aromatic heterocycles. The molecule has 3 rings (SSSR count). The van der Waals surface area contributed by atoms with Crippen molar-refractivity contribution in [2.24, 2.45) is 0 Å². The maximum Gasteiger partial charge on any atom is 0.299 e. The largest absolute Gasteiger partial charge is 0.300 e. The number of fused-ring (bicyclic) bond motifs is 1. The Kier molecular flexibility index (Phi) is 2.81. The molecule has 1 heterocycles. The van der Waals surface area contributed by atoms with Gasteiger partial charge in [0.1, 0.15) is 0 Å². The zero-order valence-corrected chi connectivity index (χ0v) is 10.5. The molecule has 0 saturated carbocycles. The number of carbonyl (C=O) groups excluding carboxylic acids is 2. The number of benzene rings is 2. The van der Waals surface area contributed by atoms with Gasteiger partial charge in [-0.05, 0) is 29.8 Å². The molecule has 0 fully saturated rings. The molecule has 96 valence electrons. The first-order valence-electron chi connectivity index (χ1n) is 6.15. The van der Waals surface area contributed by atoms with Crippen LogP contribution in [0.1, 0.15) is 21.5 Å². The third-order valence-electron chi connectivity index (χ3n) is 3.30. The number of para-hydroxylation sites is 1. The lowest BCUT2D eigenvalue weighted by Crippen LogP contribution is -2.29. The Morgan fingerprint density at radius 3 is 2.40 bits per heavy atom. The van der Waals surface area contributed by atoms with Crippen molar-refractivity contribution in [2.75, 3.05) is 4.90 Å². The fraction of sp³-hybridized carbons (Fsp3) is 0.0625. The Morgan fingerprint density at radius 2 is 1.70 bits per heavy atom. The number of nitrogens with zero attached hydrogens (tertiary/aromatic N) is 2. The molecule has 2 aromatic carbocycles. The van der Waals surface area contributed by atoms with E-state index in [2.05, 4.69) is 0 Å². The monoisotopic (exact) mass is 262 g/mol. The molecular weight excluding hydrogens is 252 g/mol. The molecule has 0 aliphatic carbocycles. The van der Waals surface area contributed by atoms with Crippen molar-refractivity contribution in [1.82, 2.24) is 0 Å². The number of carbonyl (C=O) groups is 2. The standard InChI is InChI=1S/C16H10N2O2/c17-9-11-5-7-12(8-6-11)10-18-14-4-2-1-3-13(14)15(19)16(18)20/h1-8H,10H2. The molecule has 4 heteroatoms. The third kappa shape index (κ3) is 1.86. The first kappa shape index (κ1) is 12.1. The SMILES string of the molecule is N#Cc1ccc(CN2C(=O)C(=O)c3ccccc32)cc1. The van der Waals surface area contributed by atoms with Crippen LogP contribution in [0.2, 0.25) is 0 Å². The summed E-state index contributed by atoms with van der Waals surface area (Å²) < 4.78 is 0. The highest BCUT2D eigenvalue weighted by molar-refractivity contribution is 6.52. The molecule has 0 radical (unpaired) electrons. The summed E-state index contributed by atoms with van der Waals surface area (Å²) in [5.41, 5.74) is 2.54. The number of hydrogen-bond donors (Lipinski definition) is 0. The van der Waals surface area contributed by atoms with Crippen LogP contribution in [0.3, 0.4) is 0 Å². The Balaban J connectivity index is 1.93. The first-order valence-corrected chi connectivity index (χ1v) is 6.15. The van der Waals surface area contributed by atoms with Gasteiger partial charge in [0.25, 0.3) is 11.7 Å². The van der Waals surface area contributed by atoms with Crippen LogP contribution in [0.25, 0.3) is 0 Å². The normalized spacial score (nSPS) is 13.2. The number of hydrogen-bond acceptors (Lipinski definition) is 3. The van der Waals surface area contributed by atoms with Crippen molar-refractivity contribution in [3.05, 3.63) is 65.2 Å². The summed E-state index contributed by atoms with van der Waals surface area (Å²) in [6.45, 7) is 0.327. The van der Waals surface area contributed by atoms with Crippen molar-refractivity contribution in [2.45, 2.75) is 6.54 Å². The fourth-order valence-electron chi connectivity index (χ4n) is 2.27.